The molecule has 2 rings (SSSR count). The first-order valence-corrected chi connectivity index (χ1v) is 6.03. The Morgan fingerprint density at radius 2 is 1.83 bits per heavy atom. The molecule has 0 spiro atoms. The number of aliphatic hydroxyl groups is 1. The van der Waals surface area contributed by atoms with Crippen molar-refractivity contribution in [2.75, 3.05) is 24.6 Å². The van der Waals surface area contributed by atoms with Crippen molar-refractivity contribution in [1.82, 2.24) is 4.90 Å². The van der Waals surface area contributed by atoms with Crippen LogP contribution in [-0.4, -0.2) is 46.7 Å². The van der Waals surface area contributed by atoms with E-state index in [1.165, 1.54) is 32.4 Å². The Morgan fingerprint density at radius 3 is 2.42 bits per heavy atom. The van der Waals surface area contributed by atoms with Gasteiger partial charge in [0.1, 0.15) is 0 Å². The predicted octanol–water partition coefficient (Wildman–Crippen LogP) is 0.949. The topological polar surface area (TPSA) is 23.5 Å². The van der Waals surface area contributed by atoms with Gasteiger partial charge in [0.05, 0.1) is 6.10 Å². The molecule has 0 bridgehead atoms. The molecular formula is C9H17NOS. The van der Waals surface area contributed by atoms with Crippen LogP contribution in [0.15, 0.2) is 0 Å². The number of nitrogens with zero attached hydrogens (tertiary/aromatic N) is 1. The van der Waals surface area contributed by atoms with Crippen molar-refractivity contribution < 1.29 is 5.11 Å². The molecular weight excluding hydrogens is 170 g/mol. The fourth-order valence-electron chi connectivity index (χ4n) is 2.13. The summed E-state index contributed by atoms with van der Waals surface area (Å²) >= 11 is 1.89. The average molecular weight is 187 g/mol. The fraction of sp³-hybridized carbons (Fsp3) is 1.00. The highest BCUT2D eigenvalue weighted by Gasteiger charge is 2.31. The maximum absolute atomic E-state index is 9.68. The molecule has 2 heterocycles. The average Bonchev–Trinajstić information content (AvgIpc) is 2.53. The van der Waals surface area contributed by atoms with Gasteiger partial charge in [-0.25, -0.2) is 0 Å². The summed E-state index contributed by atoms with van der Waals surface area (Å²) in [6.45, 7) is 2.42. The number of hydrogen-bond acceptors (Lipinski definition) is 3. The molecule has 0 aromatic heterocycles. The molecule has 12 heavy (non-hydrogen) atoms. The highest BCUT2D eigenvalue weighted by Crippen LogP contribution is 2.25. The zero-order chi connectivity index (χ0) is 8.39. The van der Waals surface area contributed by atoms with Gasteiger partial charge in [0, 0.05) is 17.5 Å². The van der Waals surface area contributed by atoms with E-state index in [4.69, 9.17) is 0 Å². The molecule has 70 valence electrons. The van der Waals surface area contributed by atoms with Crippen molar-refractivity contribution in [2.24, 2.45) is 0 Å². The zero-order valence-corrected chi connectivity index (χ0v) is 8.22. The second-order valence-electron chi connectivity index (χ2n) is 3.77. The monoisotopic (exact) mass is 187 g/mol. The largest absolute Gasteiger partial charge is 0.391 e. The van der Waals surface area contributed by atoms with Crippen LogP contribution in [0.5, 0.6) is 0 Å². The summed E-state index contributed by atoms with van der Waals surface area (Å²) in [5, 5.41) is 9.68. The zero-order valence-electron chi connectivity index (χ0n) is 7.41. The standard InChI is InChI=1S/C9H17NOS/c11-9-7-12-6-8(9)10-4-2-1-3-5-10/h8-9,11H,1-7H2/t8-,9+/m0/s1. The highest BCUT2D eigenvalue weighted by atomic mass is 32.2. The van der Waals surface area contributed by atoms with Crippen LogP contribution in [0.25, 0.3) is 0 Å². The lowest BCUT2D eigenvalue weighted by molar-refractivity contribution is 0.0706. The van der Waals surface area contributed by atoms with Crippen LogP contribution in [0.2, 0.25) is 0 Å². The quantitative estimate of drug-likeness (QED) is 0.661. The van der Waals surface area contributed by atoms with E-state index in [0.29, 0.717) is 6.04 Å². The number of rotatable bonds is 1. The minimum atomic E-state index is -0.0619. The molecule has 0 unspecified atom stereocenters. The maximum atomic E-state index is 9.68. The van der Waals surface area contributed by atoms with Crippen molar-refractivity contribution in [3.8, 4) is 0 Å². The van der Waals surface area contributed by atoms with E-state index >= 15 is 0 Å². The Bertz CT molecular complexity index is 147. The third-order valence-electron chi connectivity index (χ3n) is 2.88. The lowest BCUT2D eigenvalue weighted by Crippen LogP contribution is -2.45. The molecule has 2 aliphatic rings. The van der Waals surface area contributed by atoms with Crippen LogP contribution in [0.1, 0.15) is 19.3 Å². The number of aliphatic hydroxyl groups excluding tert-OH is 1. The van der Waals surface area contributed by atoms with Crippen LogP contribution in [0, 0.1) is 0 Å². The second-order valence-corrected chi connectivity index (χ2v) is 4.84. The molecule has 2 saturated heterocycles. The summed E-state index contributed by atoms with van der Waals surface area (Å²) < 4.78 is 0. The molecule has 2 aliphatic heterocycles. The molecule has 0 amide bonds. The third-order valence-corrected chi connectivity index (χ3v) is 4.04. The molecule has 0 aromatic rings. The van der Waals surface area contributed by atoms with Gasteiger partial charge in [0.15, 0.2) is 0 Å². The minimum absolute atomic E-state index is 0.0619. The van der Waals surface area contributed by atoms with Gasteiger partial charge < -0.3 is 5.11 Å². The Hall–Kier alpha value is 0.270. The third kappa shape index (κ3) is 1.78. The summed E-state index contributed by atoms with van der Waals surface area (Å²) in [5.41, 5.74) is 0. The van der Waals surface area contributed by atoms with Crippen molar-refractivity contribution in [3.05, 3.63) is 0 Å². The molecule has 0 aromatic carbocycles. The van der Waals surface area contributed by atoms with E-state index in [1.807, 2.05) is 11.8 Å². The van der Waals surface area contributed by atoms with E-state index < -0.39 is 0 Å². The van der Waals surface area contributed by atoms with Gasteiger partial charge in [-0.05, 0) is 25.9 Å². The van der Waals surface area contributed by atoms with Gasteiger partial charge in [0.2, 0.25) is 0 Å². The minimum Gasteiger partial charge on any atom is -0.391 e. The second kappa shape index (κ2) is 3.99. The normalized spacial score (nSPS) is 38.8. The Morgan fingerprint density at radius 1 is 1.08 bits per heavy atom. The number of likely N-dealkylation sites (tertiary alicyclic amines) is 1. The first kappa shape index (κ1) is 8.85. The molecule has 2 fully saturated rings. The number of piperidine rings is 1. The van der Waals surface area contributed by atoms with Gasteiger partial charge in [0.25, 0.3) is 0 Å². The maximum Gasteiger partial charge on any atom is 0.0793 e. The molecule has 2 nitrogen and oxygen atoms in total. The lowest BCUT2D eigenvalue weighted by atomic mass is 10.1. The first-order chi connectivity index (χ1) is 5.88. The number of hydrogen-bond donors (Lipinski definition) is 1. The summed E-state index contributed by atoms with van der Waals surface area (Å²) in [6.07, 6.45) is 3.97. The highest BCUT2D eigenvalue weighted by molar-refractivity contribution is 7.99. The van der Waals surface area contributed by atoms with Crippen LogP contribution in [0.4, 0.5) is 0 Å². The van der Waals surface area contributed by atoms with Crippen molar-refractivity contribution in [2.45, 2.75) is 31.4 Å². The summed E-state index contributed by atoms with van der Waals surface area (Å²) in [6, 6.07) is 0.468. The molecule has 2 atom stereocenters. The van der Waals surface area contributed by atoms with E-state index in [9.17, 15) is 5.11 Å². The van der Waals surface area contributed by atoms with Crippen molar-refractivity contribution in [3.63, 3.8) is 0 Å². The Kier molecular flexibility index (Phi) is 2.94. The summed E-state index contributed by atoms with van der Waals surface area (Å²) in [5.74, 6) is 2.09. The molecule has 3 heteroatoms. The van der Waals surface area contributed by atoms with Gasteiger partial charge in [-0.15, -0.1) is 0 Å². The summed E-state index contributed by atoms with van der Waals surface area (Å²) in [7, 11) is 0. The van der Waals surface area contributed by atoms with Crippen LogP contribution in [-0.2, 0) is 0 Å². The smallest absolute Gasteiger partial charge is 0.0793 e. The fourth-order valence-corrected chi connectivity index (χ4v) is 3.40. The van der Waals surface area contributed by atoms with E-state index in [-0.39, 0.29) is 6.10 Å². The number of thioether (sulfide) groups is 1. The molecule has 0 radical (unpaired) electrons. The van der Waals surface area contributed by atoms with Gasteiger partial charge in [-0.1, -0.05) is 6.42 Å². The Balaban J connectivity index is 1.89. The lowest BCUT2D eigenvalue weighted by Gasteiger charge is -2.33. The van der Waals surface area contributed by atoms with Crippen molar-refractivity contribution in [1.29, 1.82) is 0 Å². The van der Waals surface area contributed by atoms with Gasteiger partial charge in [-0.2, -0.15) is 11.8 Å². The summed E-state index contributed by atoms with van der Waals surface area (Å²) in [4.78, 5) is 2.48. The van der Waals surface area contributed by atoms with Crippen LogP contribution >= 0.6 is 11.8 Å². The molecule has 0 saturated carbocycles. The van der Waals surface area contributed by atoms with Gasteiger partial charge in [-0.3, -0.25) is 4.90 Å². The predicted molar refractivity (Wildman–Crippen MR) is 52.5 cm³/mol. The van der Waals surface area contributed by atoms with Crippen LogP contribution < -0.4 is 0 Å². The van der Waals surface area contributed by atoms with E-state index in [2.05, 4.69) is 4.90 Å². The van der Waals surface area contributed by atoms with Gasteiger partial charge >= 0.3 is 0 Å². The van der Waals surface area contributed by atoms with Crippen LogP contribution in [0.3, 0.4) is 0 Å². The Labute approximate surface area is 78.3 Å². The first-order valence-electron chi connectivity index (χ1n) is 4.88. The molecule has 0 aliphatic carbocycles. The van der Waals surface area contributed by atoms with E-state index in [0.717, 1.165) is 11.5 Å². The SMILES string of the molecule is O[C@@H]1CSC[C@@H]1N1CCCCC1. The van der Waals surface area contributed by atoms with E-state index in [1.54, 1.807) is 0 Å². The molecule has 1 N–H and O–H groups in total. The van der Waals surface area contributed by atoms with Crippen molar-refractivity contribution >= 4 is 11.8 Å².